The third kappa shape index (κ3) is 3.40. The standard InChI is InChI=1S/C15H15BrO2/c1-2-13-9-12(17)10-14(18-13)8-7-11-5-3-4-6-15(11)16/h2-8,13-14H,1,9-10H2/b8-7+/t13-,14+/m1/s1. The maximum absolute atomic E-state index is 11.6. The predicted molar refractivity (Wildman–Crippen MR) is 76.3 cm³/mol. The van der Waals surface area contributed by atoms with E-state index in [0.717, 1.165) is 10.0 Å². The van der Waals surface area contributed by atoms with Gasteiger partial charge in [-0.3, -0.25) is 4.79 Å². The number of ketones is 1. The molecule has 18 heavy (non-hydrogen) atoms. The molecule has 1 heterocycles. The Balaban J connectivity index is 2.07. The third-order valence-electron chi connectivity index (χ3n) is 2.87. The van der Waals surface area contributed by atoms with Gasteiger partial charge in [0.15, 0.2) is 0 Å². The lowest BCUT2D eigenvalue weighted by molar-refractivity contribution is -0.129. The normalized spacial score (nSPS) is 24.4. The van der Waals surface area contributed by atoms with Crippen LogP contribution in [0.1, 0.15) is 18.4 Å². The Labute approximate surface area is 115 Å². The number of Topliss-reactive ketones (excluding diaryl/α,β-unsaturated/α-hetero) is 1. The highest BCUT2D eigenvalue weighted by Gasteiger charge is 2.24. The summed E-state index contributed by atoms with van der Waals surface area (Å²) in [6, 6.07) is 7.94. The van der Waals surface area contributed by atoms with Crippen LogP contribution in [-0.4, -0.2) is 18.0 Å². The molecular weight excluding hydrogens is 292 g/mol. The molecule has 0 spiro atoms. The second kappa shape index (κ2) is 6.12. The minimum absolute atomic E-state index is 0.152. The van der Waals surface area contributed by atoms with E-state index in [1.807, 2.05) is 36.4 Å². The van der Waals surface area contributed by atoms with E-state index in [1.165, 1.54) is 0 Å². The van der Waals surface area contributed by atoms with Crippen LogP contribution in [0.5, 0.6) is 0 Å². The first-order chi connectivity index (χ1) is 8.69. The van der Waals surface area contributed by atoms with E-state index < -0.39 is 0 Å². The van der Waals surface area contributed by atoms with Gasteiger partial charge >= 0.3 is 0 Å². The zero-order valence-corrected chi connectivity index (χ0v) is 11.6. The van der Waals surface area contributed by atoms with Crippen LogP contribution < -0.4 is 0 Å². The molecule has 3 heteroatoms. The highest BCUT2D eigenvalue weighted by molar-refractivity contribution is 9.10. The molecule has 0 aliphatic carbocycles. The van der Waals surface area contributed by atoms with E-state index in [-0.39, 0.29) is 18.0 Å². The van der Waals surface area contributed by atoms with Crippen LogP contribution >= 0.6 is 15.9 Å². The van der Waals surface area contributed by atoms with Gasteiger partial charge < -0.3 is 4.74 Å². The number of rotatable bonds is 3. The quantitative estimate of drug-likeness (QED) is 0.795. The molecule has 1 aromatic rings. The molecule has 2 rings (SSSR count). The number of carbonyl (C=O) groups excluding carboxylic acids is 1. The first kappa shape index (κ1) is 13.2. The molecule has 0 radical (unpaired) electrons. The third-order valence-corrected chi connectivity index (χ3v) is 3.59. The van der Waals surface area contributed by atoms with Crippen molar-refractivity contribution >= 4 is 27.8 Å². The zero-order chi connectivity index (χ0) is 13.0. The minimum atomic E-state index is -0.153. The van der Waals surface area contributed by atoms with E-state index in [0.29, 0.717) is 12.8 Å². The number of hydrogen-bond donors (Lipinski definition) is 0. The predicted octanol–water partition coefficient (Wildman–Crippen LogP) is 3.77. The smallest absolute Gasteiger partial charge is 0.138 e. The fourth-order valence-electron chi connectivity index (χ4n) is 1.93. The lowest BCUT2D eigenvalue weighted by Crippen LogP contribution is -2.30. The van der Waals surface area contributed by atoms with Gasteiger partial charge in [0.1, 0.15) is 5.78 Å². The summed E-state index contributed by atoms with van der Waals surface area (Å²) in [5, 5.41) is 0. The van der Waals surface area contributed by atoms with E-state index in [9.17, 15) is 4.79 Å². The molecule has 1 aliphatic rings. The number of carbonyl (C=O) groups is 1. The van der Waals surface area contributed by atoms with Crippen molar-refractivity contribution in [1.82, 2.24) is 0 Å². The Morgan fingerprint density at radius 1 is 1.28 bits per heavy atom. The Morgan fingerprint density at radius 2 is 2.00 bits per heavy atom. The van der Waals surface area contributed by atoms with Gasteiger partial charge in [0.2, 0.25) is 0 Å². The summed E-state index contributed by atoms with van der Waals surface area (Å²) in [6.07, 6.45) is 6.20. The van der Waals surface area contributed by atoms with Crippen LogP contribution in [0.25, 0.3) is 6.08 Å². The van der Waals surface area contributed by atoms with Crippen molar-refractivity contribution in [2.24, 2.45) is 0 Å². The number of ether oxygens (including phenoxy) is 1. The molecule has 1 fully saturated rings. The molecule has 1 saturated heterocycles. The Kier molecular flexibility index (Phi) is 4.50. The molecule has 0 saturated carbocycles. The van der Waals surface area contributed by atoms with Crippen LogP contribution in [0.2, 0.25) is 0 Å². The average Bonchev–Trinajstić information content (AvgIpc) is 2.37. The van der Waals surface area contributed by atoms with Crippen LogP contribution in [0.15, 0.2) is 47.5 Å². The highest BCUT2D eigenvalue weighted by atomic mass is 79.9. The molecule has 0 unspecified atom stereocenters. The summed E-state index contributed by atoms with van der Waals surface area (Å²) >= 11 is 3.48. The van der Waals surface area contributed by atoms with Gasteiger partial charge in [-0.15, -0.1) is 6.58 Å². The van der Waals surface area contributed by atoms with Crippen molar-refractivity contribution in [3.05, 3.63) is 53.0 Å². The van der Waals surface area contributed by atoms with E-state index in [1.54, 1.807) is 6.08 Å². The molecule has 94 valence electrons. The second-order valence-electron chi connectivity index (χ2n) is 4.28. The molecule has 1 aromatic carbocycles. The van der Waals surface area contributed by atoms with Crippen molar-refractivity contribution in [3.63, 3.8) is 0 Å². The summed E-state index contributed by atoms with van der Waals surface area (Å²) in [4.78, 5) is 11.6. The van der Waals surface area contributed by atoms with Crippen molar-refractivity contribution in [2.75, 3.05) is 0 Å². The van der Waals surface area contributed by atoms with E-state index >= 15 is 0 Å². The van der Waals surface area contributed by atoms with Crippen LogP contribution in [0.3, 0.4) is 0 Å². The van der Waals surface area contributed by atoms with Crippen molar-refractivity contribution in [3.8, 4) is 0 Å². The number of hydrogen-bond acceptors (Lipinski definition) is 2. The Hall–Kier alpha value is -1.19. The SMILES string of the molecule is C=C[C@@H]1CC(=O)C[C@H](/C=C/c2ccccc2Br)O1. The topological polar surface area (TPSA) is 26.3 Å². The first-order valence-corrected chi connectivity index (χ1v) is 6.71. The fraction of sp³-hybridized carbons (Fsp3) is 0.267. The number of benzene rings is 1. The Bertz CT molecular complexity index is 479. The molecule has 0 N–H and O–H groups in total. The summed E-state index contributed by atoms with van der Waals surface area (Å²) in [5.74, 6) is 0.230. The van der Waals surface area contributed by atoms with Gasteiger partial charge in [0.25, 0.3) is 0 Å². The molecular formula is C15H15BrO2. The Morgan fingerprint density at radius 3 is 2.72 bits per heavy atom. The molecule has 1 aliphatic heterocycles. The summed E-state index contributed by atoms with van der Waals surface area (Å²) in [5.41, 5.74) is 1.08. The van der Waals surface area contributed by atoms with Gasteiger partial charge in [-0.05, 0) is 11.6 Å². The van der Waals surface area contributed by atoms with E-state index in [4.69, 9.17) is 4.74 Å². The monoisotopic (exact) mass is 306 g/mol. The van der Waals surface area contributed by atoms with Gasteiger partial charge in [0, 0.05) is 17.3 Å². The molecule has 0 aromatic heterocycles. The molecule has 0 amide bonds. The molecule has 0 bridgehead atoms. The lowest BCUT2D eigenvalue weighted by Gasteiger charge is -2.25. The largest absolute Gasteiger partial charge is 0.366 e. The maximum Gasteiger partial charge on any atom is 0.138 e. The summed E-state index contributed by atoms with van der Waals surface area (Å²) < 4.78 is 6.76. The van der Waals surface area contributed by atoms with Crippen molar-refractivity contribution < 1.29 is 9.53 Å². The van der Waals surface area contributed by atoms with Crippen molar-refractivity contribution in [2.45, 2.75) is 25.0 Å². The second-order valence-corrected chi connectivity index (χ2v) is 5.13. The molecule has 2 atom stereocenters. The van der Waals surface area contributed by atoms with Gasteiger partial charge in [0.05, 0.1) is 12.2 Å². The van der Waals surface area contributed by atoms with E-state index in [2.05, 4.69) is 22.5 Å². The van der Waals surface area contributed by atoms with Crippen LogP contribution in [-0.2, 0) is 9.53 Å². The highest BCUT2D eigenvalue weighted by Crippen LogP contribution is 2.21. The lowest BCUT2D eigenvalue weighted by atomic mass is 10.0. The van der Waals surface area contributed by atoms with Crippen LogP contribution in [0.4, 0.5) is 0 Å². The minimum Gasteiger partial charge on any atom is -0.366 e. The molecule has 2 nitrogen and oxygen atoms in total. The summed E-state index contributed by atoms with van der Waals surface area (Å²) in [6.45, 7) is 3.68. The zero-order valence-electron chi connectivity index (χ0n) is 10.0. The fourth-order valence-corrected chi connectivity index (χ4v) is 2.34. The average molecular weight is 307 g/mol. The van der Waals surface area contributed by atoms with Crippen LogP contribution in [0, 0.1) is 0 Å². The van der Waals surface area contributed by atoms with Gasteiger partial charge in [-0.2, -0.15) is 0 Å². The number of halogens is 1. The first-order valence-electron chi connectivity index (χ1n) is 5.91. The van der Waals surface area contributed by atoms with Gasteiger partial charge in [-0.1, -0.05) is 52.4 Å². The summed E-state index contributed by atoms with van der Waals surface area (Å²) in [7, 11) is 0. The van der Waals surface area contributed by atoms with Gasteiger partial charge in [-0.25, -0.2) is 0 Å². The maximum atomic E-state index is 11.6. The van der Waals surface area contributed by atoms with Crippen molar-refractivity contribution in [1.29, 1.82) is 0 Å².